The predicted octanol–water partition coefficient (Wildman–Crippen LogP) is 0.602. The minimum absolute atomic E-state index is 0.0541. The molecule has 112 valence electrons. The average Bonchev–Trinajstić information content (AvgIpc) is 3.10. The molecule has 1 fully saturated rings. The number of hydrogen-bond donors (Lipinski definition) is 2. The maximum absolute atomic E-state index is 12.1. The predicted molar refractivity (Wildman–Crippen MR) is 74.5 cm³/mol. The molecule has 0 radical (unpaired) electrons. The fraction of sp³-hybridized carbons (Fsp3) is 0.636. The Labute approximate surface area is 121 Å². The molecule has 20 heavy (non-hydrogen) atoms. The van der Waals surface area contributed by atoms with E-state index < -0.39 is 21.7 Å². The molecule has 1 unspecified atom stereocenters. The van der Waals surface area contributed by atoms with Gasteiger partial charge in [-0.3, -0.25) is 4.90 Å². The van der Waals surface area contributed by atoms with Crippen LogP contribution in [-0.2, 0) is 10.0 Å². The van der Waals surface area contributed by atoms with Crippen LogP contribution in [0.2, 0.25) is 0 Å². The van der Waals surface area contributed by atoms with Crippen molar-refractivity contribution < 1.29 is 18.3 Å². The average molecular weight is 319 g/mol. The highest BCUT2D eigenvalue weighted by atomic mass is 32.2. The molecular formula is C11H17N3O4S2. The molecule has 1 heterocycles. The second-order valence-corrected chi connectivity index (χ2v) is 7.71. The lowest BCUT2D eigenvalue weighted by molar-refractivity contribution is 0.0687. The fourth-order valence-electron chi connectivity index (χ4n) is 1.85. The van der Waals surface area contributed by atoms with Crippen LogP contribution < -0.4 is 4.72 Å². The van der Waals surface area contributed by atoms with Crippen LogP contribution in [0.25, 0.3) is 0 Å². The summed E-state index contributed by atoms with van der Waals surface area (Å²) < 4.78 is 26.4. The van der Waals surface area contributed by atoms with Crippen molar-refractivity contribution in [3.63, 3.8) is 0 Å². The van der Waals surface area contributed by atoms with Crippen LogP contribution in [-0.4, -0.2) is 55.1 Å². The molecule has 0 saturated heterocycles. The molecule has 0 aliphatic heterocycles. The van der Waals surface area contributed by atoms with Crippen molar-refractivity contribution in [3.05, 3.63) is 11.2 Å². The van der Waals surface area contributed by atoms with Crippen molar-refractivity contribution in [2.75, 3.05) is 13.6 Å². The zero-order valence-corrected chi connectivity index (χ0v) is 12.9. The van der Waals surface area contributed by atoms with Gasteiger partial charge in [-0.1, -0.05) is 0 Å². The highest BCUT2D eigenvalue weighted by molar-refractivity contribution is 7.91. The Morgan fingerprint density at radius 1 is 1.65 bits per heavy atom. The zero-order chi connectivity index (χ0) is 14.9. The molecule has 0 bridgehead atoms. The summed E-state index contributed by atoms with van der Waals surface area (Å²) >= 11 is 0.808. The van der Waals surface area contributed by atoms with E-state index in [4.69, 9.17) is 5.11 Å². The first-order valence-electron chi connectivity index (χ1n) is 6.21. The molecule has 1 aliphatic carbocycles. The summed E-state index contributed by atoms with van der Waals surface area (Å²) in [6.07, 6.45) is 2.29. The third kappa shape index (κ3) is 3.35. The Morgan fingerprint density at radius 3 is 2.85 bits per heavy atom. The van der Waals surface area contributed by atoms with Crippen molar-refractivity contribution in [3.8, 4) is 0 Å². The van der Waals surface area contributed by atoms with Crippen LogP contribution >= 0.6 is 11.3 Å². The summed E-state index contributed by atoms with van der Waals surface area (Å²) in [5, 5.41) is 8.91. The number of nitrogens with one attached hydrogen (secondary N) is 1. The molecule has 0 amide bonds. The van der Waals surface area contributed by atoms with Crippen LogP contribution in [0, 0.1) is 0 Å². The normalized spacial score (nSPS) is 17.4. The van der Waals surface area contributed by atoms with Crippen LogP contribution in [0.4, 0.5) is 0 Å². The van der Waals surface area contributed by atoms with Gasteiger partial charge in [0.1, 0.15) is 0 Å². The summed E-state index contributed by atoms with van der Waals surface area (Å²) in [6.45, 7) is 2.18. The third-order valence-electron chi connectivity index (χ3n) is 3.37. The van der Waals surface area contributed by atoms with Crippen molar-refractivity contribution in [2.24, 2.45) is 0 Å². The number of thiazole rings is 1. The lowest BCUT2D eigenvalue weighted by Gasteiger charge is -2.24. The molecule has 1 aromatic heterocycles. The molecule has 9 heteroatoms. The van der Waals surface area contributed by atoms with Crippen molar-refractivity contribution in [1.29, 1.82) is 0 Å². The van der Waals surface area contributed by atoms with E-state index in [0.717, 1.165) is 24.2 Å². The van der Waals surface area contributed by atoms with Gasteiger partial charge >= 0.3 is 5.97 Å². The second-order valence-electron chi connectivity index (χ2n) is 4.89. The Hall–Kier alpha value is -1.03. The third-order valence-corrected chi connectivity index (χ3v) is 6.16. The largest absolute Gasteiger partial charge is 0.476 e. The van der Waals surface area contributed by atoms with Gasteiger partial charge in [-0.15, -0.1) is 11.3 Å². The quantitative estimate of drug-likeness (QED) is 0.763. The summed E-state index contributed by atoms with van der Waals surface area (Å²) in [4.78, 5) is 16.6. The molecule has 0 spiro atoms. The highest BCUT2D eigenvalue weighted by Crippen LogP contribution is 2.27. The van der Waals surface area contributed by atoms with E-state index in [1.165, 1.54) is 5.51 Å². The molecule has 1 aromatic rings. The van der Waals surface area contributed by atoms with Crippen LogP contribution in [0.15, 0.2) is 9.72 Å². The smallest absolute Gasteiger partial charge is 0.356 e. The minimum atomic E-state index is -3.83. The van der Waals surface area contributed by atoms with Crippen molar-refractivity contribution in [1.82, 2.24) is 14.6 Å². The van der Waals surface area contributed by atoms with Crippen LogP contribution in [0.3, 0.4) is 0 Å². The van der Waals surface area contributed by atoms with Gasteiger partial charge in [-0.05, 0) is 26.8 Å². The molecule has 1 aliphatic rings. The van der Waals surface area contributed by atoms with E-state index in [2.05, 4.69) is 14.6 Å². The first-order valence-corrected chi connectivity index (χ1v) is 8.57. The highest BCUT2D eigenvalue weighted by Gasteiger charge is 2.31. The van der Waals surface area contributed by atoms with Gasteiger partial charge in [-0.25, -0.2) is 22.9 Å². The molecular weight excluding hydrogens is 302 g/mol. The number of nitrogens with zero attached hydrogens (tertiary/aromatic N) is 2. The number of sulfonamides is 1. The lowest BCUT2D eigenvalue weighted by atomic mass is 10.3. The van der Waals surface area contributed by atoms with E-state index in [0.29, 0.717) is 6.04 Å². The SMILES string of the molecule is CC(CNS(=O)(=O)c1scnc1C(=O)O)N(C)C1CC1. The van der Waals surface area contributed by atoms with Gasteiger partial charge in [0, 0.05) is 18.6 Å². The molecule has 1 saturated carbocycles. The Morgan fingerprint density at radius 2 is 2.30 bits per heavy atom. The van der Waals surface area contributed by atoms with E-state index >= 15 is 0 Å². The van der Waals surface area contributed by atoms with E-state index in [-0.39, 0.29) is 16.8 Å². The Bertz CT molecular complexity index is 595. The molecule has 7 nitrogen and oxygen atoms in total. The van der Waals surface area contributed by atoms with E-state index in [1.807, 2.05) is 14.0 Å². The zero-order valence-electron chi connectivity index (χ0n) is 11.2. The first-order chi connectivity index (χ1) is 9.33. The van der Waals surface area contributed by atoms with Gasteiger partial charge in [0.15, 0.2) is 9.90 Å². The standard InChI is InChI=1S/C11H17N3O4S2/c1-7(14(2)8-3-4-8)5-13-20(17,18)11-9(10(15)16)12-6-19-11/h6-8,13H,3-5H2,1-2H3,(H,15,16). The van der Waals surface area contributed by atoms with Crippen LogP contribution in [0.5, 0.6) is 0 Å². The number of carboxylic acid groups (broad SMARTS) is 1. The number of aromatic carboxylic acids is 1. The van der Waals surface area contributed by atoms with Crippen molar-refractivity contribution in [2.45, 2.75) is 36.1 Å². The monoisotopic (exact) mass is 319 g/mol. The number of hydrogen-bond acceptors (Lipinski definition) is 6. The summed E-state index contributed by atoms with van der Waals surface area (Å²) in [5.41, 5.74) is 0.795. The number of rotatable bonds is 7. The first kappa shape index (κ1) is 15.4. The number of carboxylic acids is 1. The van der Waals surface area contributed by atoms with Gasteiger partial charge in [0.2, 0.25) is 0 Å². The van der Waals surface area contributed by atoms with Gasteiger partial charge in [0.05, 0.1) is 5.51 Å². The van der Waals surface area contributed by atoms with Gasteiger partial charge in [0.25, 0.3) is 10.0 Å². The fourth-order valence-corrected chi connectivity index (χ4v) is 4.15. The van der Waals surface area contributed by atoms with Gasteiger partial charge in [-0.2, -0.15) is 0 Å². The lowest BCUT2D eigenvalue weighted by Crippen LogP contribution is -2.41. The van der Waals surface area contributed by atoms with Gasteiger partial charge < -0.3 is 5.11 Å². The summed E-state index contributed by atoms with van der Waals surface area (Å²) in [6, 6.07) is 0.589. The van der Waals surface area contributed by atoms with E-state index in [9.17, 15) is 13.2 Å². The molecule has 0 aromatic carbocycles. The van der Waals surface area contributed by atoms with Crippen LogP contribution in [0.1, 0.15) is 30.3 Å². The minimum Gasteiger partial charge on any atom is -0.476 e. The molecule has 2 N–H and O–H groups in total. The number of likely N-dealkylation sites (N-methyl/N-ethyl adjacent to an activating group) is 1. The Kier molecular flexibility index (Phi) is 4.43. The number of aromatic nitrogens is 1. The summed E-state index contributed by atoms with van der Waals surface area (Å²) in [7, 11) is -1.86. The molecule has 1 atom stereocenters. The Balaban J connectivity index is 2.03. The van der Waals surface area contributed by atoms with Crippen molar-refractivity contribution >= 4 is 27.3 Å². The topological polar surface area (TPSA) is 99.6 Å². The van der Waals surface area contributed by atoms with E-state index in [1.54, 1.807) is 0 Å². The maximum atomic E-state index is 12.1. The number of carbonyl (C=O) groups is 1. The maximum Gasteiger partial charge on any atom is 0.356 e. The second kappa shape index (κ2) is 5.76. The summed E-state index contributed by atoms with van der Waals surface area (Å²) in [5.74, 6) is -1.34. The molecule has 2 rings (SSSR count).